The van der Waals surface area contributed by atoms with Crippen LogP contribution in [0.2, 0.25) is 0 Å². The van der Waals surface area contributed by atoms with Gasteiger partial charge in [0.05, 0.1) is 34.4 Å². The Bertz CT molecular complexity index is 1090. The standard InChI is InChI=1S/C48H88NO7P/c1-6-8-10-12-14-16-18-20-22-24-26-28-30-32-34-36-38-40-43-53-45-47(46-55-57(51,52)54-44-42-49(3,4)5)56-48(50)41-39-37-35-33-31-29-27-25-23-21-19-17-15-13-11-9-7-2/h9,11,15,17,21,23,27,29,33,35,47H,6-8,10,12-14,16,18-20,22,24-26,28,30-32,34,36-46H2,1-5H3/p+1/b11-9-,17-15-,23-21-,29-27-,35-33-. The molecule has 2 atom stereocenters. The predicted octanol–water partition coefficient (Wildman–Crippen LogP) is 13.7. The van der Waals surface area contributed by atoms with Gasteiger partial charge in [0, 0.05) is 13.0 Å². The Morgan fingerprint density at radius 3 is 1.46 bits per heavy atom. The number of carbonyl (C=O) groups excluding carboxylic acids is 1. The molecule has 0 aromatic rings. The first-order valence-corrected chi connectivity index (χ1v) is 24.5. The highest BCUT2D eigenvalue weighted by Gasteiger charge is 2.26. The van der Waals surface area contributed by atoms with Gasteiger partial charge in [-0.2, -0.15) is 0 Å². The fraction of sp³-hybridized carbons (Fsp3) is 0.771. The van der Waals surface area contributed by atoms with Crippen molar-refractivity contribution < 1.29 is 37.3 Å². The van der Waals surface area contributed by atoms with Crippen molar-refractivity contribution in [1.29, 1.82) is 0 Å². The maximum Gasteiger partial charge on any atom is 0.472 e. The molecule has 0 rings (SSSR count). The zero-order valence-electron chi connectivity index (χ0n) is 37.6. The van der Waals surface area contributed by atoms with Crippen LogP contribution >= 0.6 is 7.82 Å². The fourth-order valence-corrected chi connectivity index (χ4v) is 6.80. The van der Waals surface area contributed by atoms with E-state index in [2.05, 4.69) is 74.6 Å². The van der Waals surface area contributed by atoms with Crippen LogP contribution in [0.3, 0.4) is 0 Å². The number of unbranched alkanes of at least 4 members (excludes halogenated alkanes) is 18. The van der Waals surface area contributed by atoms with Crippen LogP contribution < -0.4 is 0 Å². The van der Waals surface area contributed by atoms with Gasteiger partial charge in [-0.05, 0) is 51.4 Å². The summed E-state index contributed by atoms with van der Waals surface area (Å²) in [5, 5.41) is 0. The number of allylic oxidation sites excluding steroid dienone is 10. The van der Waals surface area contributed by atoms with E-state index in [1.807, 2.05) is 21.1 Å². The average Bonchev–Trinajstić information content (AvgIpc) is 3.16. The quantitative estimate of drug-likeness (QED) is 0.0215. The molecule has 0 aliphatic carbocycles. The van der Waals surface area contributed by atoms with Gasteiger partial charge in [-0.3, -0.25) is 13.8 Å². The molecule has 9 heteroatoms. The van der Waals surface area contributed by atoms with Crippen LogP contribution in [-0.4, -0.2) is 75.6 Å². The van der Waals surface area contributed by atoms with Crippen molar-refractivity contribution in [2.45, 2.75) is 187 Å². The lowest BCUT2D eigenvalue weighted by Gasteiger charge is -2.24. The molecule has 2 unspecified atom stereocenters. The second-order valence-corrected chi connectivity index (χ2v) is 17.9. The largest absolute Gasteiger partial charge is 0.472 e. The van der Waals surface area contributed by atoms with Crippen molar-refractivity contribution in [3.63, 3.8) is 0 Å². The minimum atomic E-state index is -4.29. The number of esters is 1. The maximum atomic E-state index is 12.7. The zero-order valence-corrected chi connectivity index (χ0v) is 38.5. The number of rotatable bonds is 42. The Balaban J connectivity index is 4.29. The van der Waals surface area contributed by atoms with Gasteiger partial charge >= 0.3 is 13.8 Å². The van der Waals surface area contributed by atoms with E-state index in [0.29, 0.717) is 24.1 Å². The summed E-state index contributed by atoms with van der Waals surface area (Å²) in [5.41, 5.74) is 0. The van der Waals surface area contributed by atoms with E-state index >= 15 is 0 Å². The first-order chi connectivity index (χ1) is 27.6. The molecule has 332 valence electrons. The minimum Gasteiger partial charge on any atom is -0.457 e. The van der Waals surface area contributed by atoms with Gasteiger partial charge in [0.15, 0.2) is 0 Å². The predicted molar refractivity (Wildman–Crippen MR) is 242 cm³/mol. The number of phosphoric acid groups is 1. The lowest BCUT2D eigenvalue weighted by Crippen LogP contribution is -2.37. The van der Waals surface area contributed by atoms with Crippen LogP contribution in [0, 0.1) is 0 Å². The molecule has 0 aliphatic heterocycles. The molecule has 0 fully saturated rings. The number of likely N-dealkylation sites (N-methyl/N-ethyl adjacent to an activating group) is 1. The second kappa shape index (κ2) is 41.0. The van der Waals surface area contributed by atoms with Crippen molar-refractivity contribution in [2.24, 2.45) is 0 Å². The van der Waals surface area contributed by atoms with Gasteiger partial charge in [-0.15, -0.1) is 0 Å². The van der Waals surface area contributed by atoms with Gasteiger partial charge in [-0.1, -0.05) is 184 Å². The van der Waals surface area contributed by atoms with Crippen molar-refractivity contribution in [2.75, 3.05) is 54.1 Å². The first kappa shape index (κ1) is 55.2. The Morgan fingerprint density at radius 2 is 1.00 bits per heavy atom. The fourth-order valence-electron chi connectivity index (χ4n) is 6.06. The third kappa shape index (κ3) is 45.1. The van der Waals surface area contributed by atoms with Crippen molar-refractivity contribution in [3.8, 4) is 0 Å². The Hall–Kier alpha value is -1.80. The van der Waals surface area contributed by atoms with E-state index in [1.165, 1.54) is 103 Å². The van der Waals surface area contributed by atoms with Gasteiger partial charge < -0.3 is 18.9 Å². The number of carbonyl (C=O) groups is 1. The summed E-state index contributed by atoms with van der Waals surface area (Å²) in [6.07, 6.45) is 51.2. The molecular formula is C48H89NO7P+. The molecule has 1 N–H and O–H groups in total. The van der Waals surface area contributed by atoms with Gasteiger partial charge in [0.25, 0.3) is 0 Å². The Morgan fingerprint density at radius 1 is 0.561 bits per heavy atom. The summed E-state index contributed by atoms with van der Waals surface area (Å²) < 4.78 is 35.0. The number of hydrogen-bond donors (Lipinski definition) is 1. The summed E-state index contributed by atoms with van der Waals surface area (Å²) in [6.45, 7) is 5.44. The van der Waals surface area contributed by atoms with E-state index in [4.69, 9.17) is 18.5 Å². The van der Waals surface area contributed by atoms with Crippen molar-refractivity contribution in [1.82, 2.24) is 0 Å². The van der Waals surface area contributed by atoms with E-state index < -0.39 is 13.9 Å². The highest BCUT2D eigenvalue weighted by atomic mass is 31.2. The molecule has 0 amide bonds. The molecule has 0 saturated heterocycles. The van der Waals surface area contributed by atoms with E-state index in [9.17, 15) is 14.3 Å². The first-order valence-electron chi connectivity index (χ1n) is 23.0. The average molecular weight is 823 g/mol. The van der Waals surface area contributed by atoms with E-state index in [-0.39, 0.29) is 32.2 Å². The summed E-state index contributed by atoms with van der Waals surface area (Å²) in [5.74, 6) is -0.369. The van der Waals surface area contributed by atoms with Gasteiger partial charge in [0.1, 0.15) is 19.3 Å². The summed E-state index contributed by atoms with van der Waals surface area (Å²) in [6, 6.07) is 0. The van der Waals surface area contributed by atoms with Crippen molar-refractivity contribution in [3.05, 3.63) is 60.8 Å². The smallest absolute Gasteiger partial charge is 0.457 e. The van der Waals surface area contributed by atoms with Crippen molar-refractivity contribution >= 4 is 13.8 Å². The number of ether oxygens (including phenoxy) is 2. The van der Waals surface area contributed by atoms with Crippen LogP contribution in [0.15, 0.2) is 60.8 Å². The lowest BCUT2D eigenvalue weighted by molar-refractivity contribution is -0.870. The molecule has 0 bridgehead atoms. The van der Waals surface area contributed by atoms with Crippen LogP contribution in [0.1, 0.15) is 181 Å². The third-order valence-corrected chi connectivity index (χ3v) is 10.6. The molecule has 0 aromatic carbocycles. The summed E-state index contributed by atoms with van der Waals surface area (Å²) >= 11 is 0. The number of phosphoric ester groups is 1. The van der Waals surface area contributed by atoms with Crippen LogP contribution in [0.4, 0.5) is 0 Å². The maximum absolute atomic E-state index is 12.7. The van der Waals surface area contributed by atoms with Crippen LogP contribution in [-0.2, 0) is 27.9 Å². The summed E-state index contributed by atoms with van der Waals surface area (Å²) in [4.78, 5) is 22.9. The monoisotopic (exact) mass is 823 g/mol. The zero-order chi connectivity index (χ0) is 42.0. The molecule has 0 spiro atoms. The van der Waals surface area contributed by atoms with Crippen LogP contribution in [0.25, 0.3) is 0 Å². The molecule has 0 aliphatic rings. The third-order valence-electron chi connectivity index (χ3n) is 9.59. The number of nitrogens with zero attached hydrogens (tertiary/aromatic N) is 1. The molecule has 8 nitrogen and oxygen atoms in total. The normalized spacial score (nSPS) is 14.3. The van der Waals surface area contributed by atoms with Gasteiger partial charge in [-0.25, -0.2) is 4.57 Å². The molecule has 0 saturated carbocycles. The summed E-state index contributed by atoms with van der Waals surface area (Å²) in [7, 11) is 1.63. The molecule has 0 radical (unpaired) electrons. The second-order valence-electron chi connectivity index (χ2n) is 16.4. The minimum absolute atomic E-state index is 0.0768. The highest BCUT2D eigenvalue weighted by Crippen LogP contribution is 2.43. The SMILES string of the molecule is CC/C=C\C/C=C\C/C=C\C/C=C\C/C=C\CCCC(=O)OC(COCCCCCCCCCCCCCCCCCCCC)COP(=O)(O)OCC[N+](C)(C)C. The molecule has 57 heavy (non-hydrogen) atoms. The van der Waals surface area contributed by atoms with E-state index in [0.717, 1.165) is 51.4 Å². The molecule has 0 aromatic heterocycles. The molecular weight excluding hydrogens is 734 g/mol. The highest BCUT2D eigenvalue weighted by molar-refractivity contribution is 7.47. The number of hydrogen-bond acceptors (Lipinski definition) is 6. The molecule has 0 heterocycles. The number of quaternary nitrogens is 1. The Labute approximate surface area is 351 Å². The Kier molecular flexibility index (Phi) is 39.7. The van der Waals surface area contributed by atoms with Crippen LogP contribution in [0.5, 0.6) is 0 Å². The topological polar surface area (TPSA) is 91.3 Å². The van der Waals surface area contributed by atoms with Gasteiger partial charge in [0.2, 0.25) is 0 Å². The lowest BCUT2D eigenvalue weighted by atomic mass is 10.0. The van der Waals surface area contributed by atoms with E-state index in [1.54, 1.807) is 0 Å².